The molecule has 15 heteroatoms. The molecule has 0 spiro atoms. The van der Waals surface area contributed by atoms with E-state index in [0.717, 1.165) is 11.8 Å². The van der Waals surface area contributed by atoms with Crippen molar-refractivity contribution in [2.75, 3.05) is 13.7 Å². The summed E-state index contributed by atoms with van der Waals surface area (Å²) in [7, 11) is -2.42. The van der Waals surface area contributed by atoms with E-state index in [9.17, 15) is 27.6 Å². The molecule has 4 aliphatic rings. The Labute approximate surface area is 324 Å². The van der Waals surface area contributed by atoms with Crippen LogP contribution in [0, 0.1) is 17.8 Å². The predicted octanol–water partition coefficient (Wildman–Crippen LogP) is 4.33. The Morgan fingerprint density at radius 2 is 1.85 bits per heavy atom. The number of nitrogens with one attached hydrogen (secondary N) is 4. The van der Waals surface area contributed by atoms with Crippen molar-refractivity contribution in [3.8, 4) is 11.6 Å². The Morgan fingerprint density at radius 1 is 1.11 bits per heavy atom. The minimum atomic E-state index is -3.99. The highest BCUT2D eigenvalue weighted by molar-refractivity contribution is 7.91. The number of allylic oxidation sites excluding steroid dienone is 1. The molecule has 2 aliphatic heterocycles. The molecule has 0 bridgehead atoms. The van der Waals surface area contributed by atoms with Gasteiger partial charge in [-0.3, -0.25) is 19.1 Å². The predicted molar refractivity (Wildman–Crippen MR) is 208 cm³/mol. The van der Waals surface area contributed by atoms with E-state index < -0.39 is 73.7 Å². The van der Waals surface area contributed by atoms with E-state index in [-0.39, 0.29) is 31.2 Å². The summed E-state index contributed by atoms with van der Waals surface area (Å²) in [6.07, 6.45) is 8.65. The number of ether oxygens (including phenoxy) is 2. The first-order chi connectivity index (χ1) is 25.9. The van der Waals surface area contributed by atoms with Crippen LogP contribution in [0.5, 0.6) is 11.6 Å². The van der Waals surface area contributed by atoms with Crippen molar-refractivity contribution in [3.05, 3.63) is 42.6 Å². The average Bonchev–Trinajstić information content (AvgIpc) is 4.00. The minimum absolute atomic E-state index is 0.000719. The number of hydrogen-bond donors (Lipinski definition) is 4. The lowest BCUT2D eigenvalue weighted by Crippen LogP contribution is -2.60. The molecule has 3 heterocycles. The highest BCUT2D eigenvalue weighted by atomic mass is 32.2. The molecule has 7 atom stereocenters. The summed E-state index contributed by atoms with van der Waals surface area (Å²) in [5, 5.41) is 10.3. The molecule has 1 aromatic carbocycles. The Balaban J connectivity index is 1.37. The lowest BCUT2D eigenvalue weighted by atomic mass is 9.85. The van der Waals surface area contributed by atoms with Gasteiger partial charge in [0.1, 0.15) is 29.5 Å². The van der Waals surface area contributed by atoms with Gasteiger partial charge < -0.3 is 30.3 Å². The molecule has 2 aromatic rings. The van der Waals surface area contributed by atoms with Crippen LogP contribution in [0.1, 0.15) is 92.9 Å². The van der Waals surface area contributed by atoms with Crippen molar-refractivity contribution >= 4 is 44.5 Å². The Morgan fingerprint density at radius 3 is 2.53 bits per heavy atom. The van der Waals surface area contributed by atoms with Crippen LogP contribution < -0.4 is 30.1 Å². The Bertz CT molecular complexity index is 1960. The summed E-state index contributed by atoms with van der Waals surface area (Å²) in [6, 6.07) is 4.75. The van der Waals surface area contributed by atoms with E-state index in [4.69, 9.17) is 9.47 Å². The molecular weight excluding hydrogens is 725 g/mol. The Hall–Kier alpha value is -4.40. The zero-order valence-corrected chi connectivity index (χ0v) is 33.8. The third-order valence-corrected chi connectivity index (χ3v) is 13.8. The molecule has 2 aliphatic carbocycles. The van der Waals surface area contributed by atoms with Crippen LogP contribution in [0.4, 0.5) is 4.79 Å². The number of amides is 5. The van der Waals surface area contributed by atoms with Crippen LogP contribution in [0.2, 0.25) is 0 Å². The van der Waals surface area contributed by atoms with Gasteiger partial charge in [0.05, 0.1) is 18.4 Å². The molecule has 2 saturated carbocycles. The molecule has 0 radical (unpaired) electrons. The molecule has 14 nitrogen and oxygen atoms in total. The van der Waals surface area contributed by atoms with Gasteiger partial charge in [0.15, 0.2) is 0 Å². The monoisotopic (exact) mass is 780 g/mol. The number of rotatable bonds is 8. The number of nitrogens with zero attached hydrogens (tertiary/aromatic N) is 2. The van der Waals surface area contributed by atoms with Gasteiger partial charge in [-0.25, -0.2) is 18.2 Å². The van der Waals surface area contributed by atoms with Crippen molar-refractivity contribution in [2.45, 2.75) is 127 Å². The van der Waals surface area contributed by atoms with Crippen molar-refractivity contribution < 1.29 is 37.1 Å². The van der Waals surface area contributed by atoms with Gasteiger partial charge in [0.2, 0.25) is 27.7 Å². The average molecular weight is 781 g/mol. The molecule has 1 aromatic heterocycles. The third-order valence-electron chi connectivity index (χ3n) is 11.6. The van der Waals surface area contributed by atoms with Crippen LogP contribution in [-0.2, 0) is 24.4 Å². The van der Waals surface area contributed by atoms with Crippen LogP contribution in [0.15, 0.2) is 42.6 Å². The van der Waals surface area contributed by atoms with E-state index in [1.165, 1.54) is 4.90 Å². The highest BCUT2D eigenvalue weighted by Gasteiger charge is 2.63. The highest BCUT2D eigenvalue weighted by Crippen LogP contribution is 2.47. The van der Waals surface area contributed by atoms with Gasteiger partial charge >= 0.3 is 6.03 Å². The first-order valence-electron chi connectivity index (χ1n) is 19.4. The number of sulfonamides is 1. The fourth-order valence-corrected chi connectivity index (χ4v) is 9.23. The molecule has 300 valence electrons. The van der Waals surface area contributed by atoms with E-state index in [2.05, 4.69) is 32.6 Å². The minimum Gasteiger partial charge on any atom is -0.496 e. The molecule has 4 N–H and O–H groups in total. The first-order valence-corrected chi connectivity index (χ1v) is 20.9. The van der Waals surface area contributed by atoms with E-state index in [1.54, 1.807) is 20.2 Å². The third kappa shape index (κ3) is 8.56. The van der Waals surface area contributed by atoms with Crippen LogP contribution in [0.25, 0.3) is 10.8 Å². The molecule has 7 unspecified atom stereocenters. The quantitative estimate of drug-likeness (QED) is 0.283. The maximum atomic E-state index is 14.9. The van der Waals surface area contributed by atoms with Crippen molar-refractivity contribution in [1.82, 2.24) is 30.6 Å². The second-order valence-electron chi connectivity index (χ2n) is 17.2. The summed E-state index contributed by atoms with van der Waals surface area (Å²) in [4.78, 5) is 62.8. The van der Waals surface area contributed by atoms with Crippen molar-refractivity contribution in [1.29, 1.82) is 0 Å². The molecular formula is C40H56N6O8S. The number of fused-ring (bicyclic) bond motifs is 3. The van der Waals surface area contributed by atoms with Gasteiger partial charge in [-0.1, -0.05) is 38.5 Å². The molecule has 3 fully saturated rings. The van der Waals surface area contributed by atoms with Crippen LogP contribution in [-0.4, -0.2) is 89.7 Å². The smallest absolute Gasteiger partial charge is 0.315 e. The molecule has 1 saturated heterocycles. The second kappa shape index (κ2) is 15.3. The topological polar surface area (TPSA) is 185 Å². The largest absolute Gasteiger partial charge is 0.496 e. The SMILES string of the molecule is CCC1CC(C)CCC=CC2CC2(C(=O)NS(=O)(=O)C2(C)CC2)NC(=O)C2CC(Oc3nccc4c(OC)cccc34)CN2C(=O)C1NC(=O)NC(C)(C)C. The summed E-state index contributed by atoms with van der Waals surface area (Å²) < 4.78 is 39.7. The zero-order chi connectivity index (χ0) is 39.9. The number of urea groups is 1. The normalized spacial score (nSPS) is 29.5. The number of hydrogen-bond acceptors (Lipinski definition) is 9. The number of benzene rings is 1. The van der Waals surface area contributed by atoms with Crippen LogP contribution in [0.3, 0.4) is 0 Å². The molecule has 6 rings (SSSR count). The molecule has 55 heavy (non-hydrogen) atoms. The van der Waals surface area contributed by atoms with E-state index >= 15 is 0 Å². The standard InChI is InChI=1S/C40H56N6O8S/c1-8-25-20-24(2)12-9-10-13-26-22-40(26,36(49)45-55(51,52)39(6)17-18-39)43-33(47)30-21-27(23-46(30)35(48)32(25)42-37(50)44-38(3,4)5)54-34-29-14-11-15-31(53-7)28(29)16-19-41-34/h10-11,13-16,19,24-27,30,32H,8-9,12,17-18,20-23H2,1-7H3,(H,43,47)(H,45,49)(H2,42,44,50). The van der Waals surface area contributed by atoms with E-state index in [0.29, 0.717) is 49.1 Å². The van der Waals surface area contributed by atoms with E-state index in [1.807, 2.05) is 64.1 Å². The van der Waals surface area contributed by atoms with Gasteiger partial charge in [0, 0.05) is 34.8 Å². The lowest BCUT2D eigenvalue weighted by molar-refractivity contribution is -0.142. The first kappa shape index (κ1) is 40.3. The maximum Gasteiger partial charge on any atom is 0.315 e. The summed E-state index contributed by atoms with van der Waals surface area (Å²) in [5.74, 6) is -1.41. The maximum absolute atomic E-state index is 14.9. The van der Waals surface area contributed by atoms with Gasteiger partial charge in [-0.2, -0.15) is 0 Å². The fourth-order valence-electron chi connectivity index (χ4n) is 7.91. The number of carbonyl (C=O) groups excluding carboxylic acids is 4. The zero-order valence-electron chi connectivity index (χ0n) is 32.9. The van der Waals surface area contributed by atoms with Gasteiger partial charge in [0.25, 0.3) is 5.91 Å². The summed E-state index contributed by atoms with van der Waals surface area (Å²) in [5.41, 5.74) is -2.09. The van der Waals surface area contributed by atoms with Crippen molar-refractivity contribution in [3.63, 3.8) is 0 Å². The summed E-state index contributed by atoms with van der Waals surface area (Å²) in [6.45, 7) is 11.3. The van der Waals surface area contributed by atoms with Crippen LogP contribution >= 0.6 is 0 Å². The Kier molecular flexibility index (Phi) is 11.2. The van der Waals surface area contributed by atoms with Crippen molar-refractivity contribution in [2.24, 2.45) is 17.8 Å². The lowest BCUT2D eigenvalue weighted by Gasteiger charge is -2.34. The van der Waals surface area contributed by atoms with Gasteiger partial charge in [-0.05, 0) is 96.3 Å². The number of pyridine rings is 1. The molecule has 5 amide bonds. The summed E-state index contributed by atoms with van der Waals surface area (Å²) >= 11 is 0. The fraction of sp³-hybridized carbons (Fsp3) is 0.625. The number of carbonyl (C=O) groups is 4. The van der Waals surface area contributed by atoms with Gasteiger partial charge in [-0.15, -0.1) is 0 Å². The second-order valence-corrected chi connectivity index (χ2v) is 19.3. The number of aromatic nitrogens is 1. The number of methoxy groups -OCH3 is 1.